The fourth-order valence-electron chi connectivity index (χ4n) is 4.29. The van der Waals surface area contributed by atoms with Crippen LogP contribution in [-0.2, 0) is 19.5 Å². The highest BCUT2D eigenvalue weighted by atomic mass is 16.2. The summed E-state index contributed by atoms with van der Waals surface area (Å²) in [6.07, 6.45) is 5.97. The molecule has 0 atom stereocenters. The van der Waals surface area contributed by atoms with E-state index in [4.69, 9.17) is 0 Å². The van der Waals surface area contributed by atoms with Gasteiger partial charge in [-0.15, -0.1) is 0 Å². The molecule has 0 aliphatic carbocycles. The molecule has 0 unspecified atom stereocenters. The van der Waals surface area contributed by atoms with Crippen molar-refractivity contribution in [3.05, 3.63) is 108 Å². The summed E-state index contributed by atoms with van der Waals surface area (Å²) in [7, 11) is 2.01. The minimum atomic E-state index is 0.0324. The van der Waals surface area contributed by atoms with E-state index in [9.17, 15) is 4.79 Å². The number of nitrogens with zero attached hydrogens (tertiary/aromatic N) is 5. The topological polar surface area (TPSA) is 62.2 Å². The van der Waals surface area contributed by atoms with Crippen molar-refractivity contribution >= 4 is 11.7 Å². The van der Waals surface area contributed by atoms with Crippen LogP contribution < -0.4 is 4.90 Å². The molecule has 0 bridgehead atoms. The Labute approximate surface area is 193 Å². The molecule has 4 aromatic rings. The molecule has 0 N–H and O–H groups in total. The van der Waals surface area contributed by atoms with Crippen LogP contribution in [0.3, 0.4) is 0 Å². The number of fused-ring (bicyclic) bond motifs is 1. The number of carbonyl (C=O) groups is 1. The van der Waals surface area contributed by atoms with Gasteiger partial charge in [-0.2, -0.15) is 0 Å². The van der Waals surface area contributed by atoms with Gasteiger partial charge in [-0.25, -0.2) is 9.97 Å². The zero-order valence-corrected chi connectivity index (χ0v) is 18.6. The molecule has 5 rings (SSSR count). The van der Waals surface area contributed by atoms with Gasteiger partial charge in [0.15, 0.2) is 0 Å². The molecule has 0 radical (unpaired) electrons. The van der Waals surface area contributed by atoms with Gasteiger partial charge in [0.05, 0.1) is 12.2 Å². The number of benzene rings is 2. The number of amides is 1. The minimum absolute atomic E-state index is 0.0324. The Balaban J connectivity index is 1.35. The van der Waals surface area contributed by atoms with E-state index in [2.05, 4.69) is 32.0 Å². The Kier molecular flexibility index (Phi) is 5.81. The van der Waals surface area contributed by atoms with Crippen LogP contribution >= 0.6 is 0 Å². The summed E-state index contributed by atoms with van der Waals surface area (Å²) in [5.74, 6) is 0.894. The average Bonchev–Trinajstić information content (AvgIpc) is 2.89. The van der Waals surface area contributed by atoms with Gasteiger partial charge in [-0.05, 0) is 34.9 Å². The predicted molar refractivity (Wildman–Crippen MR) is 129 cm³/mol. The van der Waals surface area contributed by atoms with Crippen LogP contribution in [0.25, 0.3) is 11.1 Å². The Morgan fingerprint density at radius 3 is 2.52 bits per heavy atom. The molecular weight excluding hydrogens is 410 g/mol. The summed E-state index contributed by atoms with van der Waals surface area (Å²) >= 11 is 0. The molecule has 6 nitrogen and oxygen atoms in total. The zero-order chi connectivity index (χ0) is 22.6. The fraction of sp³-hybridized carbons (Fsp3) is 0.185. The van der Waals surface area contributed by atoms with Gasteiger partial charge < -0.3 is 9.80 Å². The van der Waals surface area contributed by atoms with Crippen LogP contribution in [-0.4, -0.2) is 39.4 Å². The second-order valence-electron chi connectivity index (χ2n) is 8.26. The lowest BCUT2D eigenvalue weighted by Gasteiger charge is -2.31. The van der Waals surface area contributed by atoms with Crippen molar-refractivity contribution in [3.63, 3.8) is 0 Å². The summed E-state index contributed by atoms with van der Waals surface area (Å²) < 4.78 is 0. The Bertz CT molecular complexity index is 1240. The zero-order valence-electron chi connectivity index (χ0n) is 18.6. The fourth-order valence-corrected chi connectivity index (χ4v) is 4.29. The third kappa shape index (κ3) is 4.46. The van der Waals surface area contributed by atoms with Crippen molar-refractivity contribution in [3.8, 4) is 11.1 Å². The summed E-state index contributed by atoms with van der Waals surface area (Å²) in [6, 6.07) is 22.0. The van der Waals surface area contributed by atoms with Crippen LogP contribution in [0, 0.1) is 0 Å². The molecule has 1 aliphatic rings. The first-order valence-corrected chi connectivity index (χ1v) is 11.1. The highest BCUT2D eigenvalue weighted by Gasteiger charge is 2.26. The monoisotopic (exact) mass is 435 g/mol. The maximum atomic E-state index is 13.3. The van der Waals surface area contributed by atoms with Gasteiger partial charge in [0.25, 0.3) is 5.91 Å². The molecule has 1 aliphatic heterocycles. The van der Waals surface area contributed by atoms with Crippen LogP contribution in [0.15, 0.2) is 85.5 Å². The van der Waals surface area contributed by atoms with Gasteiger partial charge in [0, 0.05) is 50.1 Å². The first-order valence-electron chi connectivity index (χ1n) is 11.1. The summed E-state index contributed by atoms with van der Waals surface area (Å²) in [6.45, 7) is 1.84. The number of aromatic nitrogens is 3. The molecule has 0 fully saturated rings. The third-order valence-corrected chi connectivity index (χ3v) is 6.01. The van der Waals surface area contributed by atoms with Gasteiger partial charge in [0.2, 0.25) is 0 Å². The second kappa shape index (κ2) is 9.20. The van der Waals surface area contributed by atoms with Gasteiger partial charge in [-0.1, -0.05) is 48.5 Å². The number of hydrogen-bond acceptors (Lipinski definition) is 5. The van der Waals surface area contributed by atoms with Gasteiger partial charge in [0.1, 0.15) is 12.1 Å². The molecule has 0 spiro atoms. The summed E-state index contributed by atoms with van der Waals surface area (Å²) in [4.78, 5) is 30.5. The van der Waals surface area contributed by atoms with Crippen LogP contribution in [0.4, 0.5) is 5.82 Å². The molecule has 3 heterocycles. The van der Waals surface area contributed by atoms with Crippen molar-refractivity contribution in [2.24, 2.45) is 0 Å². The largest absolute Gasteiger partial charge is 0.355 e. The number of pyridine rings is 1. The molecule has 0 saturated carbocycles. The van der Waals surface area contributed by atoms with E-state index in [0.29, 0.717) is 25.2 Å². The molecular formula is C27H25N5O. The quantitative estimate of drug-likeness (QED) is 0.466. The summed E-state index contributed by atoms with van der Waals surface area (Å²) in [5.41, 5.74) is 6.08. The van der Waals surface area contributed by atoms with Gasteiger partial charge >= 0.3 is 0 Å². The standard InChI is InChI=1S/C27H25N5O/c1-31(17-20-6-5-14-28-16-20)26-24-18-32(15-13-25(24)29-19-30-26)27(33)23-11-9-22(10-12-23)21-7-3-2-4-8-21/h2-12,14,16,19H,13,15,17-18H2,1H3. The van der Waals surface area contributed by atoms with Crippen LogP contribution in [0.1, 0.15) is 27.2 Å². The number of anilines is 1. The molecule has 0 saturated heterocycles. The molecule has 2 aromatic carbocycles. The smallest absolute Gasteiger partial charge is 0.254 e. The van der Waals surface area contributed by atoms with Crippen LogP contribution in [0.2, 0.25) is 0 Å². The van der Waals surface area contributed by atoms with Crippen molar-refractivity contribution in [1.29, 1.82) is 0 Å². The predicted octanol–water partition coefficient (Wildman–Crippen LogP) is 4.37. The normalized spacial score (nSPS) is 12.8. The number of rotatable bonds is 5. The Morgan fingerprint density at radius 1 is 0.970 bits per heavy atom. The molecule has 33 heavy (non-hydrogen) atoms. The third-order valence-electron chi connectivity index (χ3n) is 6.01. The molecule has 164 valence electrons. The van der Waals surface area contributed by atoms with Crippen molar-refractivity contribution < 1.29 is 4.79 Å². The average molecular weight is 436 g/mol. The van der Waals surface area contributed by atoms with Gasteiger partial charge in [-0.3, -0.25) is 9.78 Å². The SMILES string of the molecule is CN(Cc1cccnc1)c1ncnc2c1CN(C(=O)c1ccc(-c3ccccc3)cc1)CC2. The highest BCUT2D eigenvalue weighted by Crippen LogP contribution is 2.27. The number of carbonyl (C=O) groups excluding carboxylic acids is 1. The molecule has 6 heteroatoms. The maximum Gasteiger partial charge on any atom is 0.254 e. The van der Waals surface area contributed by atoms with E-state index >= 15 is 0 Å². The number of hydrogen-bond donors (Lipinski definition) is 0. The lowest BCUT2D eigenvalue weighted by molar-refractivity contribution is 0.0733. The highest BCUT2D eigenvalue weighted by molar-refractivity contribution is 5.95. The summed E-state index contributed by atoms with van der Waals surface area (Å²) in [5, 5.41) is 0. The minimum Gasteiger partial charge on any atom is -0.355 e. The van der Waals surface area contributed by atoms with E-state index in [-0.39, 0.29) is 5.91 Å². The first-order chi connectivity index (χ1) is 16.2. The van der Waals surface area contributed by atoms with E-state index in [1.165, 1.54) is 0 Å². The first kappa shape index (κ1) is 20.8. The van der Waals surface area contributed by atoms with Crippen molar-refractivity contribution in [2.75, 3.05) is 18.5 Å². The van der Waals surface area contributed by atoms with E-state index in [0.717, 1.165) is 40.2 Å². The van der Waals surface area contributed by atoms with Crippen molar-refractivity contribution in [2.45, 2.75) is 19.5 Å². The lowest BCUT2D eigenvalue weighted by atomic mass is 10.0. The van der Waals surface area contributed by atoms with E-state index < -0.39 is 0 Å². The van der Waals surface area contributed by atoms with E-state index in [1.54, 1.807) is 12.5 Å². The second-order valence-corrected chi connectivity index (χ2v) is 8.26. The van der Waals surface area contributed by atoms with E-state index in [1.807, 2.05) is 72.7 Å². The Morgan fingerprint density at radius 2 is 1.76 bits per heavy atom. The maximum absolute atomic E-state index is 13.3. The molecule has 1 amide bonds. The molecule has 2 aromatic heterocycles. The lowest BCUT2D eigenvalue weighted by Crippen LogP contribution is -2.37. The van der Waals surface area contributed by atoms with Crippen LogP contribution in [0.5, 0.6) is 0 Å². The Hall–Kier alpha value is -4.06. The van der Waals surface area contributed by atoms with Crippen molar-refractivity contribution in [1.82, 2.24) is 19.9 Å².